The molecule has 0 saturated carbocycles. The molecule has 132 valence electrons. The van der Waals surface area contributed by atoms with Gasteiger partial charge in [0.2, 0.25) is 0 Å². The minimum absolute atomic E-state index is 0.189. The van der Waals surface area contributed by atoms with E-state index in [0.29, 0.717) is 11.1 Å². The molecule has 0 fully saturated rings. The Kier molecular flexibility index (Phi) is 6.78. The maximum atomic E-state index is 13.4. The van der Waals surface area contributed by atoms with E-state index in [4.69, 9.17) is 16.3 Å². The van der Waals surface area contributed by atoms with Crippen LogP contribution in [0.15, 0.2) is 47.4 Å². The average Bonchev–Trinajstić information content (AvgIpc) is 2.57. The zero-order chi connectivity index (χ0) is 18.4. The van der Waals surface area contributed by atoms with Crippen LogP contribution in [-0.2, 0) is 14.3 Å². The fourth-order valence-electron chi connectivity index (χ4n) is 1.80. The molecular formula is C17H14ClF2NO3S. The SMILES string of the molecule is C[C@@H](Sc1ccc(Cl)cc1)C(=O)OCC(=O)Nc1ccc(F)cc1F. The van der Waals surface area contributed by atoms with Gasteiger partial charge in [-0.15, -0.1) is 11.8 Å². The molecule has 1 N–H and O–H groups in total. The second-order valence-corrected chi connectivity index (χ2v) is 6.84. The Morgan fingerprint density at radius 2 is 1.88 bits per heavy atom. The minimum Gasteiger partial charge on any atom is -0.455 e. The molecule has 0 bridgehead atoms. The lowest BCUT2D eigenvalue weighted by atomic mass is 10.3. The summed E-state index contributed by atoms with van der Waals surface area (Å²) in [6.07, 6.45) is 0. The van der Waals surface area contributed by atoms with Crippen LogP contribution in [0.1, 0.15) is 6.92 Å². The topological polar surface area (TPSA) is 55.4 Å². The molecule has 8 heteroatoms. The molecule has 1 amide bonds. The lowest BCUT2D eigenvalue weighted by Gasteiger charge is -2.11. The van der Waals surface area contributed by atoms with Gasteiger partial charge in [0, 0.05) is 16.0 Å². The summed E-state index contributed by atoms with van der Waals surface area (Å²) in [5.41, 5.74) is -0.189. The van der Waals surface area contributed by atoms with Crippen LogP contribution in [0.25, 0.3) is 0 Å². The molecule has 2 aromatic carbocycles. The van der Waals surface area contributed by atoms with Crippen molar-refractivity contribution in [1.29, 1.82) is 0 Å². The van der Waals surface area contributed by atoms with Crippen molar-refractivity contribution in [2.75, 3.05) is 11.9 Å². The Bertz CT molecular complexity index is 771. The molecule has 0 aliphatic heterocycles. The molecule has 0 spiro atoms. The Balaban J connectivity index is 1.82. The second kappa shape index (κ2) is 8.82. The summed E-state index contributed by atoms with van der Waals surface area (Å²) in [5.74, 6) is -2.97. The number of esters is 1. The average molecular weight is 386 g/mol. The van der Waals surface area contributed by atoms with E-state index in [1.165, 1.54) is 11.8 Å². The lowest BCUT2D eigenvalue weighted by Crippen LogP contribution is -2.25. The number of anilines is 1. The maximum absolute atomic E-state index is 13.4. The van der Waals surface area contributed by atoms with E-state index in [1.807, 2.05) is 0 Å². The number of carbonyl (C=O) groups is 2. The van der Waals surface area contributed by atoms with E-state index in [2.05, 4.69) is 5.32 Å². The lowest BCUT2D eigenvalue weighted by molar-refractivity contribution is -0.146. The molecule has 0 saturated heterocycles. The van der Waals surface area contributed by atoms with E-state index in [-0.39, 0.29) is 5.69 Å². The van der Waals surface area contributed by atoms with Crippen LogP contribution in [0.2, 0.25) is 5.02 Å². The fourth-order valence-corrected chi connectivity index (χ4v) is 2.79. The van der Waals surface area contributed by atoms with Crippen LogP contribution in [0.3, 0.4) is 0 Å². The van der Waals surface area contributed by atoms with Crippen LogP contribution in [0.4, 0.5) is 14.5 Å². The van der Waals surface area contributed by atoms with Gasteiger partial charge in [0.15, 0.2) is 6.61 Å². The number of hydrogen-bond acceptors (Lipinski definition) is 4. The predicted octanol–water partition coefficient (Wildman–Crippen LogP) is 4.28. The molecule has 25 heavy (non-hydrogen) atoms. The molecule has 0 unspecified atom stereocenters. The number of halogens is 3. The number of hydrogen-bond donors (Lipinski definition) is 1. The molecule has 0 heterocycles. The van der Waals surface area contributed by atoms with Gasteiger partial charge in [-0.25, -0.2) is 8.78 Å². The molecule has 2 aromatic rings. The third-order valence-electron chi connectivity index (χ3n) is 3.01. The van der Waals surface area contributed by atoms with E-state index in [0.717, 1.165) is 17.0 Å². The summed E-state index contributed by atoms with van der Waals surface area (Å²) in [7, 11) is 0. The standard InChI is InChI=1S/C17H14ClF2NO3S/c1-10(25-13-5-2-11(18)3-6-13)17(23)24-9-16(22)21-15-7-4-12(19)8-14(15)20/h2-8,10H,9H2,1H3,(H,21,22)/t10-/m1/s1. The minimum atomic E-state index is -0.911. The first-order valence-corrected chi connectivity index (χ1v) is 8.44. The molecule has 4 nitrogen and oxygen atoms in total. The van der Waals surface area contributed by atoms with Gasteiger partial charge in [0.05, 0.1) is 5.69 Å². The number of nitrogens with one attached hydrogen (secondary N) is 1. The zero-order valence-corrected chi connectivity index (χ0v) is 14.7. The van der Waals surface area contributed by atoms with Crippen molar-refractivity contribution in [1.82, 2.24) is 0 Å². The van der Waals surface area contributed by atoms with Gasteiger partial charge in [-0.1, -0.05) is 11.6 Å². The first-order chi connectivity index (χ1) is 11.8. The highest BCUT2D eigenvalue weighted by Crippen LogP contribution is 2.25. The normalized spacial score (nSPS) is 11.7. The van der Waals surface area contributed by atoms with Gasteiger partial charge in [-0.2, -0.15) is 0 Å². The highest BCUT2D eigenvalue weighted by molar-refractivity contribution is 8.00. The van der Waals surface area contributed by atoms with Crippen LogP contribution in [-0.4, -0.2) is 23.7 Å². The largest absolute Gasteiger partial charge is 0.455 e. The smallest absolute Gasteiger partial charge is 0.319 e. The number of rotatable bonds is 6. The summed E-state index contributed by atoms with van der Waals surface area (Å²) < 4.78 is 31.1. The monoisotopic (exact) mass is 385 g/mol. The summed E-state index contributed by atoms with van der Waals surface area (Å²) in [6.45, 7) is 1.07. The summed E-state index contributed by atoms with van der Waals surface area (Å²) in [4.78, 5) is 24.4. The van der Waals surface area contributed by atoms with Gasteiger partial charge < -0.3 is 10.1 Å². The van der Waals surface area contributed by atoms with Gasteiger partial charge >= 0.3 is 5.97 Å². The summed E-state index contributed by atoms with van der Waals surface area (Å²) >= 11 is 7.04. The predicted molar refractivity (Wildman–Crippen MR) is 92.7 cm³/mol. The molecule has 0 aliphatic rings. The third-order valence-corrected chi connectivity index (χ3v) is 4.35. The van der Waals surface area contributed by atoms with Crippen LogP contribution in [0.5, 0.6) is 0 Å². The zero-order valence-electron chi connectivity index (χ0n) is 13.1. The van der Waals surface area contributed by atoms with Gasteiger partial charge in [-0.3, -0.25) is 9.59 Å². The molecule has 2 rings (SSSR count). The van der Waals surface area contributed by atoms with Crippen molar-refractivity contribution in [2.45, 2.75) is 17.1 Å². The first kappa shape index (κ1) is 19.2. The number of ether oxygens (including phenoxy) is 1. The molecule has 0 radical (unpaired) electrons. The van der Waals surface area contributed by atoms with Crippen molar-refractivity contribution in [3.8, 4) is 0 Å². The molecule has 0 aliphatic carbocycles. The van der Waals surface area contributed by atoms with E-state index >= 15 is 0 Å². The number of amides is 1. The van der Waals surface area contributed by atoms with Gasteiger partial charge in [-0.05, 0) is 43.3 Å². The van der Waals surface area contributed by atoms with E-state index in [1.54, 1.807) is 31.2 Å². The van der Waals surface area contributed by atoms with Gasteiger partial charge in [0.25, 0.3) is 5.91 Å². The summed E-state index contributed by atoms with van der Waals surface area (Å²) in [6, 6.07) is 9.67. The van der Waals surface area contributed by atoms with Crippen LogP contribution < -0.4 is 5.32 Å². The number of benzene rings is 2. The highest BCUT2D eigenvalue weighted by Gasteiger charge is 2.18. The van der Waals surface area contributed by atoms with Crippen LogP contribution in [0, 0.1) is 11.6 Å². The van der Waals surface area contributed by atoms with Crippen molar-refractivity contribution in [3.63, 3.8) is 0 Å². The number of thioether (sulfide) groups is 1. The maximum Gasteiger partial charge on any atom is 0.319 e. The van der Waals surface area contributed by atoms with Crippen molar-refractivity contribution >= 4 is 40.9 Å². The Morgan fingerprint density at radius 3 is 2.52 bits per heavy atom. The fraction of sp³-hybridized carbons (Fsp3) is 0.176. The Labute approximate surface area is 152 Å². The highest BCUT2D eigenvalue weighted by atomic mass is 35.5. The van der Waals surface area contributed by atoms with Crippen molar-refractivity contribution in [2.24, 2.45) is 0 Å². The summed E-state index contributed by atoms with van der Waals surface area (Å²) in [5, 5.41) is 2.25. The van der Waals surface area contributed by atoms with Gasteiger partial charge in [0.1, 0.15) is 16.9 Å². The molecular weight excluding hydrogens is 372 g/mol. The Morgan fingerprint density at radius 1 is 1.20 bits per heavy atom. The first-order valence-electron chi connectivity index (χ1n) is 7.19. The Hall–Kier alpha value is -2.12. The second-order valence-electron chi connectivity index (χ2n) is 4.99. The number of carbonyl (C=O) groups excluding carboxylic acids is 2. The third kappa shape index (κ3) is 6.03. The quantitative estimate of drug-likeness (QED) is 0.595. The molecule has 0 aromatic heterocycles. The van der Waals surface area contributed by atoms with E-state index < -0.39 is 35.4 Å². The van der Waals surface area contributed by atoms with Crippen molar-refractivity contribution < 1.29 is 23.1 Å². The van der Waals surface area contributed by atoms with Crippen LogP contribution >= 0.6 is 23.4 Å². The molecule has 1 atom stereocenters. The van der Waals surface area contributed by atoms with Crippen molar-refractivity contribution in [3.05, 3.63) is 59.1 Å². The van der Waals surface area contributed by atoms with E-state index in [9.17, 15) is 18.4 Å².